The van der Waals surface area contributed by atoms with Crippen LogP contribution in [0.1, 0.15) is 66.8 Å². The van der Waals surface area contributed by atoms with Gasteiger partial charge in [0.25, 0.3) is 5.91 Å². The molecule has 0 aliphatic rings. The summed E-state index contributed by atoms with van der Waals surface area (Å²) < 4.78 is 9.89. The van der Waals surface area contributed by atoms with Crippen LogP contribution in [0.15, 0.2) is 22.7 Å². The number of nitrogens with zero attached hydrogens (tertiary/aromatic N) is 1. The van der Waals surface area contributed by atoms with E-state index in [1.807, 2.05) is 33.8 Å². The second-order valence-electron chi connectivity index (χ2n) is 6.76. The van der Waals surface area contributed by atoms with E-state index in [9.17, 15) is 14.7 Å². The summed E-state index contributed by atoms with van der Waals surface area (Å²) >= 11 is 0. The maximum Gasteiger partial charge on any atom is 0.342 e. The van der Waals surface area contributed by atoms with E-state index in [0.717, 1.165) is 5.56 Å². The SMILES string of the molecule is Cc1cc(NC(=O)COC(=O)c2cc(C(C)C)cc(C(C)C)c2O)no1. The lowest BCUT2D eigenvalue weighted by Gasteiger charge is -2.16. The molecule has 0 saturated heterocycles. The van der Waals surface area contributed by atoms with E-state index in [1.165, 1.54) is 0 Å². The first-order valence-corrected chi connectivity index (χ1v) is 8.46. The Bertz CT molecular complexity index is 808. The molecule has 0 spiro atoms. The molecule has 1 aromatic heterocycles. The Morgan fingerprint density at radius 2 is 1.88 bits per heavy atom. The highest BCUT2D eigenvalue weighted by atomic mass is 16.5. The highest BCUT2D eigenvalue weighted by Crippen LogP contribution is 2.33. The third-order valence-corrected chi connectivity index (χ3v) is 3.90. The predicted molar refractivity (Wildman–Crippen MR) is 96.4 cm³/mol. The quantitative estimate of drug-likeness (QED) is 0.761. The normalized spacial score (nSPS) is 11.0. The average molecular weight is 360 g/mol. The van der Waals surface area contributed by atoms with E-state index in [2.05, 4.69) is 10.5 Å². The number of aromatic nitrogens is 1. The van der Waals surface area contributed by atoms with E-state index >= 15 is 0 Å². The minimum absolute atomic E-state index is 0.0407. The van der Waals surface area contributed by atoms with Gasteiger partial charge >= 0.3 is 5.97 Å². The molecular weight excluding hydrogens is 336 g/mol. The number of carbonyl (C=O) groups excluding carboxylic acids is 2. The van der Waals surface area contributed by atoms with Gasteiger partial charge in [0.1, 0.15) is 17.1 Å². The van der Waals surface area contributed by atoms with E-state index in [4.69, 9.17) is 9.26 Å². The molecule has 0 bridgehead atoms. The Morgan fingerprint density at radius 3 is 2.42 bits per heavy atom. The number of rotatable bonds is 6. The van der Waals surface area contributed by atoms with Crippen molar-refractivity contribution in [1.29, 1.82) is 0 Å². The van der Waals surface area contributed by atoms with Gasteiger partial charge < -0.3 is 19.7 Å². The number of amides is 1. The zero-order chi connectivity index (χ0) is 19.4. The van der Waals surface area contributed by atoms with E-state index < -0.39 is 18.5 Å². The molecule has 0 unspecified atom stereocenters. The summed E-state index contributed by atoms with van der Waals surface area (Å²) in [5.41, 5.74) is 1.65. The second kappa shape index (κ2) is 8.03. The topological polar surface area (TPSA) is 102 Å². The molecule has 0 aliphatic heterocycles. The van der Waals surface area contributed by atoms with Crippen LogP contribution in [0.5, 0.6) is 5.75 Å². The van der Waals surface area contributed by atoms with Crippen LogP contribution in [0.2, 0.25) is 0 Å². The van der Waals surface area contributed by atoms with E-state index in [-0.39, 0.29) is 29.0 Å². The number of hydrogen-bond acceptors (Lipinski definition) is 6. The molecule has 7 nitrogen and oxygen atoms in total. The van der Waals surface area contributed by atoms with Crippen LogP contribution in [0.3, 0.4) is 0 Å². The third-order valence-electron chi connectivity index (χ3n) is 3.90. The Labute approximate surface area is 152 Å². The maximum atomic E-state index is 12.4. The fourth-order valence-electron chi connectivity index (χ4n) is 2.42. The van der Waals surface area contributed by atoms with Crippen molar-refractivity contribution in [3.63, 3.8) is 0 Å². The van der Waals surface area contributed by atoms with Crippen molar-refractivity contribution in [3.8, 4) is 5.75 Å². The molecule has 26 heavy (non-hydrogen) atoms. The highest BCUT2D eigenvalue weighted by Gasteiger charge is 2.21. The molecule has 1 amide bonds. The van der Waals surface area contributed by atoms with Gasteiger partial charge in [0.2, 0.25) is 0 Å². The number of aromatic hydroxyl groups is 1. The van der Waals surface area contributed by atoms with Crippen LogP contribution in [0.4, 0.5) is 5.82 Å². The molecule has 2 rings (SSSR count). The molecule has 2 aromatic rings. The number of esters is 1. The zero-order valence-corrected chi connectivity index (χ0v) is 15.6. The smallest absolute Gasteiger partial charge is 0.342 e. The molecule has 2 N–H and O–H groups in total. The van der Waals surface area contributed by atoms with Crippen LogP contribution >= 0.6 is 0 Å². The first-order chi connectivity index (χ1) is 12.2. The van der Waals surface area contributed by atoms with Gasteiger partial charge in [-0.25, -0.2) is 4.79 Å². The number of aryl methyl sites for hydroxylation is 1. The van der Waals surface area contributed by atoms with E-state index in [1.54, 1.807) is 19.1 Å². The van der Waals surface area contributed by atoms with Gasteiger partial charge in [-0.3, -0.25) is 4.79 Å². The highest BCUT2D eigenvalue weighted by molar-refractivity contribution is 5.96. The molecule has 1 heterocycles. The number of carbonyl (C=O) groups is 2. The molecule has 0 aliphatic carbocycles. The Morgan fingerprint density at radius 1 is 1.19 bits per heavy atom. The monoisotopic (exact) mass is 360 g/mol. The van der Waals surface area contributed by atoms with Crippen molar-refractivity contribution >= 4 is 17.7 Å². The molecule has 0 radical (unpaired) electrons. The largest absolute Gasteiger partial charge is 0.507 e. The lowest BCUT2D eigenvalue weighted by atomic mass is 9.92. The Balaban J connectivity index is 2.12. The number of hydrogen-bond donors (Lipinski definition) is 2. The van der Waals surface area contributed by atoms with Gasteiger partial charge in [0.05, 0.1) is 0 Å². The van der Waals surface area contributed by atoms with E-state index in [0.29, 0.717) is 11.3 Å². The fourth-order valence-corrected chi connectivity index (χ4v) is 2.42. The van der Waals surface area contributed by atoms with Crippen molar-refractivity contribution in [2.45, 2.75) is 46.5 Å². The summed E-state index contributed by atoms with van der Waals surface area (Å²) in [7, 11) is 0. The van der Waals surface area contributed by atoms with Gasteiger partial charge in [-0.05, 0) is 36.0 Å². The summed E-state index contributed by atoms with van der Waals surface area (Å²) in [6.07, 6.45) is 0. The number of ether oxygens (including phenoxy) is 1. The van der Waals surface area contributed by atoms with Gasteiger partial charge in [-0.15, -0.1) is 0 Å². The minimum Gasteiger partial charge on any atom is -0.507 e. The molecular formula is C19H24N2O5. The molecule has 140 valence electrons. The standard InChI is InChI=1S/C19H24N2O5/c1-10(2)13-7-14(11(3)4)18(23)15(8-13)19(24)25-9-17(22)20-16-6-12(5)26-21-16/h6-8,10-11,23H,9H2,1-5H3,(H,20,21,22). The molecule has 0 saturated carbocycles. The van der Waals surface area contributed by atoms with Crippen LogP contribution in [0, 0.1) is 6.92 Å². The van der Waals surface area contributed by atoms with Crippen LogP contribution in [-0.2, 0) is 9.53 Å². The third kappa shape index (κ3) is 4.62. The lowest BCUT2D eigenvalue weighted by molar-refractivity contribution is -0.119. The summed E-state index contributed by atoms with van der Waals surface area (Å²) in [5, 5.41) is 16.5. The second-order valence-corrected chi connectivity index (χ2v) is 6.76. The zero-order valence-electron chi connectivity index (χ0n) is 15.6. The number of nitrogens with one attached hydrogen (secondary N) is 1. The van der Waals surface area contributed by atoms with Crippen molar-refractivity contribution in [2.24, 2.45) is 0 Å². The van der Waals surface area contributed by atoms with Gasteiger partial charge in [0.15, 0.2) is 12.4 Å². The summed E-state index contributed by atoms with van der Waals surface area (Å²) in [6, 6.07) is 5.04. The first-order valence-electron chi connectivity index (χ1n) is 8.46. The van der Waals surface area contributed by atoms with Crippen molar-refractivity contribution in [3.05, 3.63) is 40.6 Å². The minimum atomic E-state index is -0.751. The lowest BCUT2D eigenvalue weighted by Crippen LogP contribution is -2.21. The molecule has 0 fully saturated rings. The average Bonchev–Trinajstić information content (AvgIpc) is 2.97. The van der Waals surface area contributed by atoms with Gasteiger partial charge in [-0.1, -0.05) is 38.9 Å². The molecule has 1 aromatic carbocycles. The fraction of sp³-hybridized carbons (Fsp3) is 0.421. The number of anilines is 1. The van der Waals surface area contributed by atoms with Crippen molar-refractivity contribution in [1.82, 2.24) is 5.16 Å². The number of benzene rings is 1. The Kier molecular flexibility index (Phi) is 6.02. The van der Waals surface area contributed by atoms with Crippen LogP contribution < -0.4 is 5.32 Å². The van der Waals surface area contributed by atoms with Gasteiger partial charge in [-0.2, -0.15) is 0 Å². The maximum absolute atomic E-state index is 12.4. The van der Waals surface area contributed by atoms with Crippen molar-refractivity contribution in [2.75, 3.05) is 11.9 Å². The number of phenolic OH excluding ortho intramolecular Hbond substituents is 1. The Hall–Kier alpha value is -2.83. The van der Waals surface area contributed by atoms with Crippen LogP contribution in [0.25, 0.3) is 0 Å². The molecule has 7 heteroatoms. The number of phenols is 1. The first kappa shape index (κ1) is 19.5. The van der Waals surface area contributed by atoms with Gasteiger partial charge in [0, 0.05) is 6.07 Å². The predicted octanol–water partition coefficient (Wildman–Crippen LogP) is 3.73. The summed E-state index contributed by atoms with van der Waals surface area (Å²) in [6.45, 7) is 9.06. The molecule has 0 atom stereocenters. The summed E-state index contributed by atoms with van der Waals surface area (Å²) in [5.74, 6) is -0.392. The van der Waals surface area contributed by atoms with Crippen LogP contribution in [-0.4, -0.2) is 28.7 Å². The van der Waals surface area contributed by atoms with Crippen molar-refractivity contribution < 1.29 is 24.0 Å². The summed E-state index contributed by atoms with van der Waals surface area (Å²) in [4.78, 5) is 24.2.